The van der Waals surface area contributed by atoms with Crippen molar-refractivity contribution >= 4 is 33.1 Å². The number of fused-ring (bicyclic) bond motifs is 5. The molecule has 0 spiro atoms. The molecular weight excluding hydrogens is 252 g/mol. The third-order valence-corrected chi connectivity index (χ3v) is 3.37. The molecule has 20 heavy (non-hydrogen) atoms. The summed E-state index contributed by atoms with van der Waals surface area (Å²) >= 11 is 0. The molecule has 0 bridgehead atoms. The highest BCUT2D eigenvalue weighted by molar-refractivity contribution is 6.17. The molecule has 4 rings (SSSR count). The van der Waals surface area contributed by atoms with Gasteiger partial charge in [0.25, 0.3) is 5.78 Å². The van der Waals surface area contributed by atoms with Crippen molar-refractivity contribution in [1.29, 1.82) is 10.5 Å². The molecule has 0 aliphatic rings. The van der Waals surface area contributed by atoms with Crippen LogP contribution in [0.25, 0.3) is 33.1 Å². The molecular formula is C16H6N2O2. The third kappa shape index (κ3) is 1.28. The monoisotopic (exact) mass is 258 g/mol. The molecule has 0 saturated carbocycles. The van der Waals surface area contributed by atoms with E-state index in [1.54, 1.807) is 24.3 Å². The summed E-state index contributed by atoms with van der Waals surface area (Å²) < 4.78 is 11.3. The Labute approximate surface area is 113 Å². The first-order valence-corrected chi connectivity index (χ1v) is 5.99. The Kier molecular flexibility index (Phi) is 1.93. The smallest absolute Gasteiger partial charge is 0.299 e. The van der Waals surface area contributed by atoms with Crippen LogP contribution in [-0.4, -0.2) is 0 Å². The van der Waals surface area contributed by atoms with E-state index in [4.69, 9.17) is 19.4 Å². The van der Waals surface area contributed by atoms with Crippen molar-refractivity contribution in [2.24, 2.45) is 0 Å². The Morgan fingerprint density at radius 1 is 0.750 bits per heavy atom. The van der Waals surface area contributed by atoms with Crippen LogP contribution in [0.2, 0.25) is 0 Å². The van der Waals surface area contributed by atoms with Crippen LogP contribution < -0.4 is 0 Å². The lowest BCUT2D eigenvalue weighted by molar-refractivity contribution is 0.524. The summed E-state index contributed by atoms with van der Waals surface area (Å²) in [6, 6.07) is 14.8. The highest BCUT2D eigenvalue weighted by Crippen LogP contribution is 2.37. The zero-order valence-electron chi connectivity index (χ0n) is 10.2. The highest BCUT2D eigenvalue weighted by atomic mass is 16.5. The van der Waals surface area contributed by atoms with E-state index in [-0.39, 0.29) is 0 Å². The summed E-state index contributed by atoms with van der Waals surface area (Å²) in [6.45, 7) is 0. The average molecular weight is 258 g/mol. The molecule has 2 aromatic carbocycles. The molecule has 0 aliphatic carbocycles. The summed E-state index contributed by atoms with van der Waals surface area (Å²) in [5.41, 5.74) is 2.35. The summed E-state index contributed by atoms with van der Waals surface area (Å²) in [5.74, 6) is 0.417. The second-order valence-electron chi connectivity index (χ2n) is 4.51. The molecule has 0 radical (unpaired) electrons. The summed E-state index contributed by atoms with van der Waals surface area (Å²) in [6.07, 6.45) is 0. The molecule has 2 aromatic heterocycles. The van der Waals surface area contributed by atoms with E-state index >= 15 is 0 Å². The highest BCUT2D eigenvalue weighted by Gasteiger charge is 2.16. The van der Waals surface area contributed by atoms with Gasteiger partial charge in [-0.15, -0.1) is 0 Å². The van der Waals surface area contributed by atoms with Crippen molar-refractivity contribution < 1.29 is 8.83 Å². The van der Waals surface area contributed by atoms with Gasteiger partial charge in [0, 0.05) is 10.8 Å². The summed E-state index contributed by atoms with van der Waals surface area (Å²) in [4.78, 5) is 0. The van der Waals surface area contributed by atoms with Crippen LogP contribution >= 0.6 is 0 Å². The number of rotatable bonds is 0. The first-order chi connectivity index (χ1) is 9.80. The van der Waals surface area contributed by atoms with Crippen molar-refractivity contribution in [2.75, 3.05) is 0 Å². The van der Waals surface area contributed by atoms with E-state index in [0.717, 1.165) is 16.2 Å². The molecule has 2 heterocycles. The minimum absolute atomic E-state index is 0.417. The minimum atomic E-state index is 0.417. The van der Waals surface area contributed by atoms with Gasteiger partial charge in [-0.2, -0.15) is 10.5 Å². The van der Waals surface area contributed by atoms with Crippen molar-refractivity contribution in [2.45, 2.75) is 0 Å². The Bertz CT molecular complexity index is 988. The van der Waals surface area contributed by atoms with Crippen LogP contribution in [0.1, 0.15) is 11.1 Å². The molecule has 0 amide bonds. The lowest BCUT2D eigenvalue weighted by Gasteiger charge is -1.92. The second-order valence-corrected chi connectivity index (χ2v) is 4.51. The van der Waals surface area contributed by atoms with Gasteiger partial charge in [0.1, 0.15) is 11.2 Å². The Morgan fingerprint density at radius 2 is 1.25 bits per heavy atom. The molecule has 4 nitrogen and oxygen atoms in total. The van der Waals surface area contributed by atoms with Crippen LogP contribution in [0.15, 0.2) is 45.2 Å². The molecule has 0 unspecified atom stereocenters. The van der Waals surface area contributed by atoms with Gasteiger partial charge in [0.15, 0.2) is 0 Å². The zero-order valence-corrected chi connectivity index (χ0v) is 10.2. The maximum atomic E-state index is 8.91. The molecule has 4 aromatic rings. The Hall–Kier alpha value is -3.24. The maximum absolute atomic E-state index is 8.91. The Balaban J connectivity index is 2.16. The van der Waals surface area contributed by atoms with Crippen LogP contribution in [0.4, 0.5) is 0 Å². The Morgan fingerprint density at radius 3 is 1.70 bits per heavy atom. The standard InChI is InChI=1S/C16H6N2O2/c17-7-9-1-3-11-13(5-9)19-16-15(11)12-4-2-10(8-18)6-14(12)20-16/h1-6H. The average Bonchev–Trinajstić information content (AvgIpc) is 3.00. The van der Waals surface area contributed by atoms with Gasteiger partial charge < -0.3 is 8.83 Å². The van der Waals surface area contributed by atoms with Gasteiger partial charge >= 0.3 is 0 Å². The lowest BCUT2D eigenvalue weighted by Crippen LogP contribution is -1.74. The van der Waals surface area contributed by atoms with E-state index in [1.807, 2.05) is 12.1 Å². The molecule has 0 aliphatic heterocycles. The quantitative estimate of drug-likeness (QED) is 0.476. The van der Waals surface area contributed by atoms with E-state index in [2.05, 4.69) is 12.1 Å². The van der Waals surface area contributed by atoms with Crippen LogP contribution in [0.5, 0.6) is 0 Å². The van der Waals surface area contributed by atoms with Crippen LogP contribution in [-0.2, 0) is 0 Å². The zero-order chi connectivity index (χ0) is 13.7. The fraction of sp³-hybridized carbons (Fsp3) is 0. The molecule has 0 atom stereocenters. The van der Waals surface area contributed by atoms with Crippen molar-refractivity contribution in [3.05, 3.63) is 47.5 Å². The molecule has 0 N–H and O–H groups in total. The molecule has 92 valence electrons. The normalized spacial score (nSPS) is 10.9. The maximum Gasteiger partial charge on any atom is 0.299 e. The van der Waals surface area contributed by atoms with E-state index < -0.39 is 0 Å². The first kappa shape index (κ1) is 10.7. The fourth-order valence-corrected chi connectivity index (χ4v) is 2.45. The SMILES string of the molecule is N#Cc1ccc2c(c1)oc1oc3cc(C#N)ccc3c12. The van der Waals surface area contributed by atoms with Crippen molar-refractivity contribution in [1.82, 2.24) is 0 Å². The molecule has 0 saturated heterocycles. The largest absolute Gasteiger partial charge is 0.425 e. The summed E-state index contributed by atoms with van der Waals surface area (Å²) in [5, 5.41) is 20.5. The van der Waals surface area contributed by atoms with Gasteiger partial charge in [-0.3, -0.25) is 0 Å². The predicted octanol–water partition coefficient (Wildman–Crippen LogP) is 4.08. The van der Waals surface area contributed by atoms with Gasteiger partial charge in [-0.1, -0.05) is 0 Å². The third-order valence-electron chi connectivity index (χ3n) is 3.37. The number of hydrogen-bond donors (Lipinski definition) is 0. The first-order valence-electron chi connectivity index (χ1n) is 5.99. The number of furan rings is 2. The van der Waals surface area contributed by atoms with E-state index in [1.165, 1.54) is 0 Å². The van der Waals surface area contributed by atoms with Gasteiger partial charge in [0.05, 0.1) is 28.7 Å². The lowest BCUT2D eigenvalue weighted by atomic mass is 10.1. The number of nitrogens with zero attached hydrogens (tertiary/aromatic N) is 2. The van der Waals surface area contributed by atoms with Crippen molar-refractivity contribution in [3.63, 3.8) is 0 Å². The predicted molar refractivity (Wildman–Crippen MR) is 72.9 cm³/mol. The fourth-order valence-electron chi connectivity index (χ4n) is 2.45. The summed E-state index contributed by atoms with van der Waals surface area (Å²) in [7, 11) is 0. The topological polar surface area (TPSA) is 73.9 Å². The van der Waals surface area contributed by atoms with Gasteiger partial charge in [-0.25, -0.2) is 0 Å². The second kappa shape index (κ2) is 3.63. The molecule has 0 fully saturated rings. The van der Waals surface area contributed by atoms with Gasteiger partial charge in [-0.05, 0) is 36.4 Å². The van der Waals surface area contributed by atoms with Crippen LogP contribution in [0.3, 0.4) is 0 Å². The van der Waals surface area contributed by atoms with E-state index in [9.17, 15) is 0 Å². The number of hydrogen-bond acceptors (Lipinski definition) is 4. The number of benzene rings is 2. The van der Waals surface area contributed by atoms with Crippen molar-refractivity contribution in [3.8, 4) is 12.1 Å². The van der Waals surface area contributed by atoms with Crippen LogP contribution in [0, 0.1) is 22.7 Å². The van der Waals surface area contributed by atoms with Gasteiger partial charge in [0.2, 0.25) is 0 Å². The number of nitriles is 2. The molecule has 4 heteroatoms. The minimum Gasteiger partial charge on any atom is -0.425 e. The van der Waals surface area contributed by atoms with E-state index in [0.29, 0.717) is 28.1 Å².